The molecule has 57 heavy (non-hydrogen) atoms. The minimum absolute atomic E-state index is 0.106. The van der Waals surface area contributed by atoms with Crippen LogP contribution < -0.4 is 0 Å². The lowest BCUT2D eigenvalue weighted by molar-refractivity contribution is -0.167. The summed E-state index contributed by atoms with van der Waals surface area (Å²) in [4.78, 5) is 37.7. The van der Waals surface area contributed by atoms with Crippen LogP contribution in [0.3, 0.4) is 0 Å². The van der Waals surface area contributed by atoms with Gasteiger partial charge in [0.25, 0.3) is 0 Å². The van der Waals surface area contributed by atoms with Gasteiger partial charge in [-0.2, -0.15) is 0 Å². The third-order valence-electron chi connectivity index (χ3n) is 9.06. The smallest absolute Gasteiger partial charge is 0.306 e. The van der Waals surface area contributed by atoms with Crippen molar-refractivity contribution in [1.82, 2.24) is 0 Å². The molecule has 6 nitrogen and oxygen atoms in total. The number of hydrogen-bond acceptors (Lipinski definition) is 6. The summed E-state index contributed by atoms with van der Waals surface area (Å²) in [7, 11) is 0. The number of rotatable bonds is 39. The van der Waals surface area contributed by atoms with Crippen LogP contribution in [0.15, 0.2) is 97.2 Å². The van der Waals surface area contributed by atoms with E-state index in [9.17, 15) is 14.4 Å². The second kappa shape index (κ2) is 45.0. The van der Waals surface area contributed by atoms with E-state index >= 15 is 0 Å². The Morgan fingerprint density at radius 3 is 1.02 bits per heavy atom. The standard InChI is InChI=1S/C51H82O6/c1-4-7-10-13-16-19-21-23-25-26-28-29-32-35-38-41-44-50(53)56-47-48(46-55-49(52)43-40-37-34-31-18-15-12-9-6-3)57-51(54)45-42-39-36-33-30-27-24-22-20-17-14-11-8-5-2/h7-12,16-20,23-25,27,31,48H,4-6,13-15,21-22,26,28-30,32-47H2,1-3H3/b10-7-,11-8-,12-9-,19-16-,20-17-,25-23-,27-24-,31-18-. The molecule has 0 amide bonds. The van der Waals surface area contributed by atoms with Crippen molar-refractivity contribution in [3.8, 4) is 0 Å². The molecule has 0 heterocycles. The van der Waals surface area contributed by atoms with Gasteiger partial charge in [0.2, 0.25) is 0 Å². The van der Waals surface area contributed by atoms with Crippen LogP contribution in [0, 0.1) is 0 Å². The van der Waals surface area contributed by atoms with Gasteiger partial charge >= 0.3 is 17.9 Å². The lowest BCUT2D eigenvalue weighted by Gasteiger charge is -2.18. The van der Waals surface area contributed by atoms with E-state index in [2.05, 4.69) is 118 Å². The van der Waals surface area contributed by atoms with Crippen molar-refractivity contribution in [2.75, 3.05) is 13.2 Å². The van der Waals surface area contributed by atoms with Crippen LogP contribution in [0.2, 0.25) is 0 Å². The van der Waals surface area contributed by atoms with E-state index in [0.29, 0.717) is 12.8 Å². The van der Waals surface area contributed by atoms with E-state index in [1.54, 1.807) is 0 Å². The van der Waals surface area contributed by atoms with Crippen LogP contribution in [0.5, 0.6) is 0 Å². The molecule has 1 unspecified atom stereocenters. The molecule has 0 radical (unpaired) electrons. The lowest BCUT2D eigenvalue weighted by atomic mass is 10.1. The number of ether oxygens (including phenoxy) is 3. The van der Waals surface area contributed by atoms with Crippen LogP contribution >= 0.6 is 0 Å². The molecule has 0 aromatic rings. The van der Waals surface area contributed by atoms with Gasteiger partial charge in [0.15, 0.2) is 6.10 Å². The van der Waals surface area contributed by atoms with Gasteiger partial charge in [-0.3, -0.25) is 14.4 Å². The summed E-state index contributed by atoms with van der Waals surface area (Å²) in [6.07, 6.45) is 58.3. The average molecular weight is 791 g/mol. The molecule has 0 rings (SSSR count). The normalized spacial score (nSPS) is 13.0. The number of esters is 3. The van der Waals surface area contributed by atoms with E-state index in [1.807, 2.05) is 0 Å². The van der Waals surface area contributed by atoms with E-state index in [4.69, 9.17) is 14.2 Å². The quantitative estimate of drug-likeness (QED) is 0.0267. The summed E-state index contributed by atoms with van der Waals surface area (Å²) in [6, 6.07) is 0. The van der Waals surface area contributed by atoms with Crippen molar-refractivity contribution >= 4 is 17.9 Å². The maximum absolute atomic E-state index is 12.7. The molecule has 0 saturated carbocycles. The molecular weight excluding hydrogens is 709 g/mol. The summed E-state index contributed by atoms with van der Waals surface area (Å²) >= 11 is 0. The maximum Gasteiger partial charge on any atom is 0.306 e. The van der Waals surface area contributed by atoms with E-state index in [-0.39, 0.29) is 37.5 Å². The Kier molecular flexibility index (Phi) is 42.1. The Hall–Kier alpha value is -3.67. The zero-order valence-corrected chi connectivity index (χ0v) is 36.6. The molecule has 1 atom stereocenters. The Bertz CT molecular complexity index is 1180. The summed E-state index contributed by atoms with van der Waals surface area (Å²) < 4.78 is 16.6. The molecule has 322 valence electrons. The summed E-state index contributed by atoms with van der Waals surface area (Å²) in [6.45, 7) is 6.20. The minimum Gasteiger partial charge on any atom is -0.462 e. The van der Waals surface area contributed by atoms with Gasteiger partial charge in [-0.1, -0.05) is 157 Å². The molecule has 0 fully saturated rings. The van der Waals surface area contributed by atoms with Gasteiger partial charge < -0.3 is 14.2 Å². The van der Waals surface area contributed by atoms with Crippen LogP contribution in [0.4, 0.5) is 0 Å². The fourth-order valence-electron chi connectivity index (χ4n) is 5.74. The van der Waals surface area contributed by atoms with Crippen molar-refractivity contribution in [1.29, 1.82) is 0 Å². The maximum atomic E-state index is 12.7. The van der Waals surface area contributed by atoms with Gasteiger partial charge in [0.05, 0.1) is 0 Å². The topological polar surface area (TPSA) is 78.9 Å². The molecule has 0 spiro atoms. The number of unbranched alkanes of at least 4 members (excludes halogenated alkanes) is 12. The van der Waals surface area contributed by atoms with Crippen LogP contribution in [0.1, 0.15) is 188 Å². The molecule has 0 aromatic carbocycles. The summed E-state index contributed by atoms with van der Waals surface area (Å²) in [5, 5.41) is 0. The molecule has 0 aliphatic heterocycles. The second-order valence-corrected chi connectivity index (χ2v) is 14.5. The number of carbonyl (C=O) groups is 3. The number of hydrogen-bond donors (Lipinski definition) is 0. The van der Waals surface area contributed by atoms with Crippen molar-refractivity contribution in [2.24, 2.45) is 0 Å². The van der Waals surface area contributed by atoms with Crippen LogP contribution in [-0.2, 0) is 28.6 Å². The Morgan fingerprint density at radius 2 is 0.632 bits per heavy atom. The first-order valence-electron chi connectivity index (χ1n) is 22.7. The Balaban J connectivity index is 4.45. The van der Waals surface area contributed by atoms with Crippen molar-refractivity contribution in [3.63, 3.8) is 0 Å². The number of carbonyl (C=O) groups excluding carboxylic acids is 3. The fraction of sp³-hybridized carbons (Fsp3) is 0.627. The third-order valence-corrected chi connectivity index (χ3v) is 9.06. The van der Waals surface area contributed by atoms with E-state index in [1.165, 1.54) is 12.8 Å². The molecular formula is C51H82O6. The molecule has 0 aromatic heterocycles. The van der Waals surface area contributed by atoms with Crippen molar-refractivity contribution < 1.29 is 28.6 Å². The zero-order chi connectivity index (χ0) is 41.5. The first-order chi connectivity index (χ1) is 28.0. The predicted octanol–water partition coefficient (Wildman–Crippen LogP) is 14.6. The van der Waals surface area contributed by atoms with E-state index in [0.717, 1.165) is 135 Å². The molecule has 6 heteroatoms. The highest BCUT2D eigenvalue weighted by molar-refractivity contribution is 5.71. The highest BCUT2D eigenvalue weighted by Gasteiger charge is 2.19. The first kappa shape index (κ1) is 53.3. The van der Waals surface area contributed by atoms with Crippen LogP contribution in [0.25, 0.3) is 0 Å². The molecule has 0 N–H and O–H groups in total. The van der Waals surface area contributed by atoms with E-state index < -0.39 is 6.10 Å². The van der Waals surface area contributed by atoms with Gasteiger partial charge in [0, 0.05) is 19.3 Å². The number of allylic oxidation sites excluding steroid dienone is 16. The van der Waals surface area contributed by atoms with Gasteiger partial charge in [0.1, 0.15) is 13.2 Å². The SMILES string of the molecule is CC/C=C\C/C=C\C/C=C\CCCCCCCCC(=O)OCC(COC(=O)CCCC/C=C\C/C=C\CC)OC(=O)CCCCCC/C=C\C/C=C\C/C=C\CC. The van der Waals surface area contributed by atoms with Crippen LogP contribution in [-0.4, -0.2) is 37.2 Å². The lowest BCUT2D eigenvalue weighted by Crippen LogP contribution is -2.30. The third kappa shape index (κ3) is 43.3. The van der Waals surface area contributed by atoms with Crippen molar-refractivity contribution in [2.45, 2.75) is 194 Å². The molecule has 0 saturated heterocycles. The fourth-order valence-corrected chi connectivity index (χ4v) is 5.74. The first-order valence-corrected chi connectivity index (χ1v) is 22.7. The predicted molar refractivity (Wildman–Crippen MR) is 242 cm³/mol. The molecule has 0 bridgehead atoms. The highest BCUT2D eigenvalue weighted by atomic mass is 16.6. The monoisotopic (exact) mass is 791 g/mol. The molecule has 0 aliphatic carbocycles. The summed E-state index contributed by atoms with van der Waals surface area (Å²) in [5.41, 5.74) is 0. The van der Waals surface area contributed by atoms with Gasteiger partial charge in [-0.05, 0) is 109 Å². The highest BCUT2D eigenvalue weighted by Crippen LogP contribution is 2.12. The van der Waals surface area contributed by atoms with Gasteiger partial charge in [-0.15, -0.1) is 0 Å². The zero-order valence-electron chi connectivity index (χ0n) is 36.6. The van der Waals surface area contributed by atoms with Gasteiger partial charge in [-0.25, -0.2) is 0 Å². The molecule has 0 aliphatic rings. The Labute approximate surface area is 349 Å². The summed E-state index contributed by atoms with van der Waals surface area (Å²) in [5.74, 6) is -0.989. The minimum atomic E-state index is -0.806. The largest absolute Gasteiger partial charge is 0.462 e. The Morgan fingerprint density at radius 1 is 0.351 bits per heavy atom. The average Bonchev–Trinajstić information content (AvgIpc) is 3.21. The second-order valence-electron chi connectivity index (χ2n) is 14.5. The van der Waals surface area contributed by atoms with Crippen molar-refractivity contribution in [3.05, 3.63) is 97.2 Å².